The van der Waals surface area contributed by atoms with Gasteiger partial charge in [0.1, 0.15) is 6.54 Å². The van der Waals surface area contributed by atoms with E-state index in [2.05, 4.69) is 10.4 Å². The molecule has 1 heterocycles. The number of aromatic nitrogens is 1. The summed E-state index contributed by atoms with van der Waals surface area (Å²) < 4.78 is 62.8. The number of rotatable bonds is 5. The number of anilines is 1. The van der Waals surface area contributed by atoms with Gasteiger partial charge in [-0.15, -0.1) is 0 Å². The number of nitrogens with two attached hydrogens (primary N) is 1. The third-order valence-corrected chi connectivity index (χ3v) is 4.63. The third-order valence-electron chi connectivity index (χ3n) is 2.77. The first kappa shape index (κ1) is 15.0. The molecule has 0 unspecified atom stereocenters. The summed E-state index contributed by atoms with van der Waals surface area (Å²) in [6.45, 7) is -1.53. The van der Waals surface area contributed by atoms with Crippen LogP contribution in [0, 0.1) is 0 Å². The van der Waals surface area contributed by atoms with Gasteiger partial charge in [-0.25, -0.2) is 13.4 Å². The topological polar surface area (TPSA) is 88.3 Å². The molecular formula is C10H13F3N4O2S. The van der Waals surface area contributed by atoms with Gasteiger partial charge in [-0.05, 0) is 25.0 Å². The Hall–Kier alpha value is -1.39. The minimum Gasteiger partial charge on any atom is -0.321 e. The molecule has 0 aromatic carbocycles. The molecule has 1 aromatic rings. The normalized spacial score (nSPS) is 16.4. The maximum absolute atomic E-state index is 12.6. The van der Waals surface area contributed by atoms with Crippen LogP contribution in [-0.2, 0) is 10.0 Å². The van der Waals surface area contributed by atoms with Gasteiger partial charge < -0.3 is 5.43 Å². The Morgan fingerprint density at radius 3 is 2.60 bits per heavy atom. The first-order chi connectivity index (χ1) is 9.25. The van der Waals surface area contributed by atoms with Crippen molar-refractivity contribution in [2.45, 2.75) is 30.1 Å². The van der Waals surface area contributed by atoms with Gasteiger partial charge in [-0.1, -0.05) is 0 Å². The van der Waals surface area contributed by atoms with E-state index < -0.39 is 33.8 Å². The molecule has 0 spiro atoms. The fourth-order valence-corrected chi connectivity index (χ4v) is 3.51. The van der Waals surface area contributed by atoms with Crippen LogP contribution in [0.5, 0.6) is 0 Å². The van der Waals surface area contributed by atoms with Gasteiger partial charge in [0.15, 0.2) is 5.03 Å². The quantitative estimate of drug-likeness (QED) is 0.627. The molecule has 0 atom stereocenters. The number of nitrogens with one attached hydrogen (secondary N) is 1. The Kier molecular flexibility index (Phi) is 3.89. The van der Waals surface area contributed by atoms with E-state index in [4.69, 9.17) is 5.84 Å². The van der Waals surface area contributed by atoms with Gasteiger partial charge in [0.25, 0.3) is 10.0 Å². The van der Waals surface area contributed by atoms with Crippen molar-refractivity contribution in [1.29, 1.82) is 0 Å². The molecule has 0 aliphatic heterocycles. The van der Waals surface area contributed by atoms with Crippen molar-refractivity contribution in [1.82, 2.24) is 9.29 Å². The van der Waals surface area contributed by atoms with Crippen LogP contribution in [0.15, 0.2) is 23.4 Å². The summed E-state index contributed by atoms with van der Waals surface area (Å²) in [5, 5.41) is -0.501. The van der Waals surface area contributed by atoms with Crippen molar-refractivity contribution >= 4 is 15.7 Å². The third kappa shape index (κ3) is 3.19. The molecule has 6 nitrogen and oxygen atoms in total. The molecule has 3 N–H and O–H groups in total. The highest BCUT2D eigenvalue weighted by Gasteiger charge is 2.45. The van der Waals surface area contributed by atoms with Crippen molar-refractivity contribution in [3.05, 3.63) is 18.3 Å². The van der Waals surface area contributed by atoms with Crippen molar-refractivity contribution in [2.75, 3.05) is 12.0 Å². The second-order valence-corrected chi connectivity index (χ2v) is 6.20. The van der Waals surface area contributed by atoms with E-state index in [0.717, 1.165) is 0 Å². The number of nitrogen functional groups attached to an aromatic ring is 1. The number of hydrazine groups is 1. The van der Waals surface area contributed by atoms with Gasteiger partial charge in [0.05, 0.1) is 5.69 Å². The number of hydrogen-bond acceptors (Lipinski definition) is 5. The average molecular weight is 310 g/mol. The van der Waals surface area contributed by atoms with Gasteiger partial charge in [0.2, 0.25) is 0 Å². The molecule has 0 saturated heterocycles. The molecule has 0 radical (unpaired) electrons. The van der Waals surface area contributed by atoms with Crippen LogP contribution in [0.2, 0.25) is 0 Å². The van der Waals surface area contributed by atoms with Crippen LogP contribution in [0.1, 0.15) is 12.8 Å². The SMILES string of the molecule is NNc1cccnc1S(=O)(=O)N(CC(F)(F)F)C1CC1. The molecule has 1 saturated carbocycles. The largest absolute Gasteiger partial charge is 0.402 e. The highest BCUT2D eigenvalue weighted by molar-refractivity contribution is 7.89. The van der Waals surface area contributed by atoms with E-state index >= 15 is 0 Å². The lowest BCUT2D eigenvalue weighted by atomic mass is 10.4. The maximum atomic E-state index is 12.6. The average Bonchev–Trinajstić information content (AvgIpc) is 3.19. The predicted molar refractivity (Wildman–Crippen MR) is 65.0 cm³/mol. The monoisotopic (exact) mass is 310 g/mol. The van der Waals surface area contributed by atoms with Gasteiger partial charge >= 0.3 is 6.18 Å². The summed E-state index contributed by atoms with van der Waals surface area (Å²) in [7, 11) is -4.35. The van der Waals surface area contributed by atoms with Crippen LogP contribution in [0.3, 0.4) is 0 Å². The van der Waals surface area contributed by atoms with Crippen LogP contribution < -0.4 is 11.3 Å². The fourth-order valence-electron chi connectivity index (χ4n) is 1.77. The van der Waals surface area contributed by atoms with Gasteiger partial charge in [-0.3, -0.25) is 5.84 Å². The minimum absolute atomic E-state index is 0.0414. The van der Waals surface area contributed by atoms with E-state index in [9.17, 15) is 21.6 Å². The Balaban J connectivity index is 2.40. The van der Waals surface area contributed by atoms with Crippen LogP contribution in [0.25, 0.3) is 0 Å². The predicted octanol–water partition coefficient (Wildman–Crippen LogP) is 1.08. The molecular weight excluding hydrogens is 297 g/mol. The molecule has 112 valence electrons. The fraction of sp³-hybridized carbons (Fsp3) is 0.500. The lowest BCUT2D eigenvalue weighted by Crippen LogP contribution is -2.41. The summed E-state index contributed by atoms with van der Waals surface area (Å²) in [4.78, 5) is 3.64. The van der Waals surface area contributed by atoms with E-state index in [1.807, 2.05) is 0 Å². The smallest absolute Gasteiger partial charge is 0.321 e. The van der Waals surface area contributed by atoms with Crippen LogP contribution in [0.4, 0.5) is 18.9 Å². The number of nitrogens with zero attached hydrogens (tertiary/aromatic N) is 2. The van der Waals surface area contributed by atoms with Crippen molar-refractivity contribution in [3.63, 3.8) is 0 Å². The van der Waals surface area contributed by atoms with Crippen molar-refractivity contribution < 1.29 is 21.6 Å². The standard InChI is InChI=1S/C10H13F3N4O2S/c11-10(12,13)6-17(7-3-4-7)20(18,19)9-8(16-14)2-1-5-15-9/h1-2,5,7,16H,3-4,6,14H2. The molecule has 2 rings (SSSR count). The van der Waals surface area contributed by atoms with E-state index in [1.165, 1.54) is 18.3 Å². The zero-order valence-electron chi connectivity index (χ0n) is 10.3. The molecule has 10 heteroatoms. The molecule has 0 bridgehead atoms. The number of sulfonamides is 1. The van der Waals surface area contributed by atoms with E-state index in [1.54, 1.807) is 0 Å². The van der Waals surface area contributed by atoms with E-state index in [0.29, 0.717) is 17.1 Å². The van der Waals surface area contributed by atoms with Crippen LogP contribution in [-0.4, -0.2) is 36.5 Å². The van der Waals surface area contributed by atoms with Crippen LogP contribution >= 0.6 is 0 Å². The lowest BCUT2D eigenvalue weighted by molar-refractivity contribution is -0.137. The summed E-state index contributed by atoms with van der Waals surface area (Å²) in [5.74, 6) is 5.17. The number of halogens is 3. The molecule has 1 aromatic heterocycles. The number of hydrogen-bond donors (Lipinski definition) is 2. The lowest BCUT2D eigenvalue weighted by Gasteiger charge is -2.23. The van der Waals surface area contributed by atoms with Gasteiger partial charge in [-0.2, -0.15) is 17.5 Å². The highest BCUT2D eigenvalue weighted by atomic mass is 32.2. The second-order valence-electron chi connectivity index (χ2n) is 4.40. The van der Waals surface area contributed by atoms with E-state index in [-0.39, 0.29) is 5.69 Å². The number of alkyl halides is 3. The molecule has 1 fully saturated rings. The summed E-state index contributed by atoms with van der Waals surface area (Å²) in [5.41, 5.74) is 2.09. The molecule has 20 heavy (non-hydrogen) atoms. The Morgan fingerprint density at radius 2 is 2.10 bits per heavy atom. The molecule has 0 amide bonds. The Bertz CT molecular complexity index is 586. The summed E-state index contributed by atoms with van der Waals surface area (Å²) in [6.07, 6.45) is -2.60. The van der Waals surface area contributed by atoms with Crippen molar-refractivity contribution in [3.8, 4) is 0 Å². The first-order valence-corrected chi connectivity index (χ1v) is 7.20. The second kappa shape index (κ2) is 5.19. The van der Waals surface area contributed by atoms with Crippen molar-refractivity contribution in [2.24, 2.45) is 5.84 Å². The summed E-state index contributed by atoms with van der Waals surface area (Å²) >= 11 is 0. The number of pyridine rings is 1. The zero-order chi connectivity index (χ0) is 15.0. The highest BCUT2D eigenvalue weighted by Crippen LogP contribution is 2.35. The zero-order valence-corrected chi connectivity index (χ0v) is 11.1. The van der Waals surface area contributed by atoms with Gasteiger partial charge in [0, 0.05) is 12.2 Å². The Labute approximate surface area is 113 Å². The Morgan fingerprint density at radius 1 is 1.45 bits per heavy atom. The molecule has 1 aliphatic rings. The summed E-state index contributed by atoms with van der Waals surface area (Å²) in [6, 6.07) is 2.13. The first-order valence-electron chi connectivity index (χ1n) is 5.76. The molecule has 1 aliphatic carbocycles. The minimum atomic E-state index is -4.61. The maximum Gasteiger partial charge on any atom is 0.402 e.